The fourth-order valence-electron chi connectivity index (χ4n) is 2.60. The summed E-state index contributed by atoms with van der Waals surface area (Å²) in [5.74, 6) is -0.456. The number of rotatable bonds is 13. The second-order valence-corrected chi connectivity index (χ2v) is 23.0. The number of carbonyl (C=O) groups excluding carboxylic acids is 2. The van der Waals surface area contributed by atoms with E-state index >= 15 is 0 Å². The van der Waals surface area contributed by atoms with Crippen LogP contribution < -0.4 is 5.32 Å². The van der Waals surface area contributed by atoms with Gasteiger partial charge in [0.1, 0.15) is 17.7 Å². The van der Waals surface area contributed by atoms with E-state index in [4.69, 9.17) is 13.6 Å². The lowest BCUT2D eigenvalue weighted by Crippen LogP contribution is -2.59. The molecule has 0 saturated heterocycles. The van der Waals surface area contributed by atoms with Crippen molar-refractivity contribution in [1.29, 1.82) is 0 Å². The molecule has 0 aliphatic heterocycles. The number of ether oxygens (including phenoxy) is 1. The molecule has 210 valence electrons. The summed E-state index contributed by atoms with van der Waals surface area (Å²) in [6.45, 7) is 28.3. The van der Waals surface area contributed by atoms with E-state index in [2.05, 4.69) is 73.0 Å². The van der Waals surface area contributed by atoms with Gasteiger partial charge in [-0.3, -0.25) is 4.79 Å². The number of ketones is 1. The zero-order chi connectivity index (χ0) is 28.8. The van der Waals surface area contributed by atoms with Crippen molar-refractivity contribution in [2.75, 3.05) is 6.61 Å². The van der Waals surface area contributed by atoms with Crippen LogP contribution in [0.15, 0.2) is 0 Å². The van der Waals surface area contributed by atoms with E-state index in [0.29, 0.717) is 0 Å². The first kappa shape index (κ1) is 35.3. The van der Waals surface area contributed by atoms with Crippen molar-refractivity contribution in [3.8, 4) is 0 Å². The lowest BCUT2D eigenvalue weighted by Gasteiger charge is -2.43. The van der Waals surface area contributed by atoms with E-state index in [9.17, 15) is 14.7 Å². The van der Waals surface area contributed by atoms with Crippen molar-refractivity contribution >= 4 is 28.5 Å². The van der Waals surface area contributed by atoms with Crippen molar-refractivity contribution in [2.45, 2.75) is 129 Å². The smallest absolute Gasteiger partial charge is 0.408 e. The molecule has 3 atom stereocenters. The van der Waals surface area contributed by atoms with Crippen molar-refractivity contribution in [3.05, 3.63) is 25.7 Å². The van der Waals surface area contributed by atoms with E-state index in [1.807, 2.05) is 6.92 Å². The summed E-state index contributed by atoms with van der Waals surface area (Å²) in [6, 6.07) is -1.26. The largest absolute Gasteiger partial charge is 0.444 e. The maximum atomic E-state index is 13.2. The summed E-state index contributed by atoms with van der Waals surface area (Å²) < 4.78 is 18.4. The van der Waals surface area contributed by atoms with Crippen molar-refractivity contribution < 1.29 is 28.3 Å². The van der Waals surface area contributed by atoms with Crippen molar-refractivity contribution in [1.82, 2.24) is 5.32 Å². The van der Waals surface area contributed by atoms with Gasteiger partial charge >= 0.3 is 6.09 Å². The van der Waals surface area contributed by atoms with Gasteiger partial charge in [0, 0.05) is 6.42 Å². The molecule has 0 fully saturated rings. The lowest BCUT2D eigenvalue weighted by molar-refractivity contribution is -0.123. The Morgan fingerprint density at radius 2 is 1.39 bits per heavy atom. The van der Waals surface area contributed by atoms with Crippen LogP contribution in [0.2, 0.25) is 36.3 Å². The van der Waals surface area contributed by atoms with E-state index in [-0.39, 0.29) is 16.7 Å². The van der Waals surface area contributed by atoms with Crippen LogP contribution in [0, 0.1) is 25.7 Å². The van der Waals surface area contributed by atoms with E-state index in [0.717, 1.165) is 0 Å². The van der Waals surface area contributed by atoms with Crippen molar-refractivity contribution in [3.63, 3.8) is 0 Å². The Morgan fingerprint density at radius 3 is 1.81 bits per heavy atom. The van der Waals surface area contributed by atoms with Crippen LogP contribution in [-0.4, -0.2) is 64.1 Å². The number of alkyl carbamates (subject to hydrolysis) is 1. The summed E-state index contributed by atoms with van der Waals surface area (Å²) >= 11 is 0. The number of amides is 1. The molecule has 36 heavy (non-hydrogen) atoms. The monoisotopic (exact) mass is 543 g/mol. The molecule has 0 aliphatic rings. The predicted molar refractivity (Wildman–Crippen MR) is 152 cm³/mol. The second-order valence-electron chi connectivity index (χ2n) is 13.4. The summed E-state index contributed by atoms with van der Waals surface area (Å²) in [6.07, 6.45) is 3.46. The quantitative estimate of drug-likeness (QED) is 0.217. The average Bonchev–Trinajstić information content (AvgIpc) is 2.65. The predicted octanol–water partition coefficient (Wildman–Crippen LogP) is 6.06. The van der Waals surface area contributed by atoms with Gasteiger partial charge in [0.05, 0.1) is 12.7 Å². The molecule has 2 N–H and O–H groups in total. The molecular weight excluding hydrogens is 490 g/mol. The SMILES string of the molecule is C[CH][CH][CH][CH]C(=O)C(NC(=O)OC(C)(C)C)C(O)[C@@H](CO[Si](C)(C)C(C)(C)C)O[Si](C)(C)C(C)(C)C. The average molecular weight is 544 g/mol. The molecular formula is C27H53NO6Si2. The highest BCUT2D eigenvalue weighted by Gasteiger charge is 2.45. The van der Waals surface area contributed by atoms with Gasteiger partial charge in [0.15, 0.2) is 22.4 Å². The van der Waals surface area contributed by atoms with Gasteiger partial charge in [-0.25, -0.2) is 4.79 Å². The Morgan fingerprint density at radius 1 is 0.889 bits per heavy atom. The number of nitrogens with one attached hydrogen (secondary N) is 1. The molecule has 0 aromatic carbocycles. The lowest BCUT2D eigenvalue weighted by atomic mass is 9.98. The van der Waals surface area contributed by atoms with Gasteiger partial charge in [-0.1, -0.05) is 48.5 Å². The molecule has 0 bridgehead atoms. The zero-order valence-corrected chi connectivity index (χ0v) is 27.2. The van der Waals surface area contributed by atoms with Gasteiger partial charge in [-0.15, -0.1) is 0 Å². The normalized spacial score (nSPS) is 16.3. The summed E-state index contributed by atoms with van der Waals surface area (Å²) in [4.78, 5) is 25.8. The maximum absolute atomic E-state index is 13.2. The minimum Gasteiger partial charge on any atom is -0.444 e. The van der Waals surface area contributed by atoms with Crippen LogP contribution in [0.3, 0.4) is 0 Å². The van der Waals surface area contributed by atoms with Gasteiger partial charge in [0.25, 0.3) is 0 Å². The third kappa shape index (κ3) is 11.8. The molecule has 0 aromatic heterocycles. The number of aliphatic hydroxyl groups excluding tert-OH is 1. The summed E-state index contributed by atoms with van der Waals surface area (Å²) in [5.41, 5.74) is -0.758. The number of hydrogen-bond donors (Lipinski definition) is 2. The third-order valence-electron chi connectivity index (χ3n) is 6.93. The number of hydrogen-bond acceptors (Lipinski definition) is 6. The second kappa shape index (κ2) is 13.4. The number of carbonyl (C=O) groups is 2. The molecule has 0 rings (SSSR count). The number of aliphatic hydroxyl groups is 1. The highest BCUT2D eigenvalue weighted by molar-refractivity contribution is 6.74. The highest BCUT2D eigenvalue weighted by atomic mass is 28.4. The van der Waals surface area contributed by atoms with E-state index < -0.39 is 52.4 Å². The summed E-state index contributed by atoms with van der Waals surface area (Å²) in [5, 5.41) is 14.0. The van der Waals surface area contributed by atoms with Crippen molar-refractivity contribution in [2.24, 2.45) is 0 Å². The fraction of sp³-hybridized carbons (Fsp3) is 0.778. The minimum absolute atomic E-state index is 0.0430. The van der Waals surface area contributed by atoms with E-state index in [1.54, 1.807) is 40.0 Å². The van der Waals surface area contributed by atoms with Gasteiger partial charge in [-0.2, -0.15) is 0 Å². The van der Waals surface area contributed by atoms with Crippen LogP contribution in [0.4, 0.5) is 4.79 Å². The first-order valence-corrected chi connectivity index (χ1v) is 18.6. The standard InChI is InChI=1S/C27H53NO6Si2/c1-15-16-17-18-20(29)22(28-24(31)33-25(2,3)4)23(30)21(34-36(13,14)27(8,9)10)19-32-35(11,12)26(5,6)7/h15-18,21-23,30H,19H2,1-14H3,(H,28,31)/t21-,22?,23?/m1/s1. The number of Topliss-reactive ketones (excluding diaryl/α,β-unsaturated/α-hetero) is 1. The topological polar surface area (TPSA) is 94.1 Å². The van der Waals surface area contributed by atoms with Crippen LogP contribution >= 0.6 is 0 Å². The van der Waals surface area contributed by atoms with Crippen LogP contribution in [0.25, 0.3) is 0 Å². The molecule has 0 spiro atoms. The Bertz CT molecular complexity index is 705. The van der Waals surface area contributed by atoms with E-state index in [1.165, 1.54) is 6.42 Å². The Hall–Kier alpha value is -0.746. The molecule has 9 heteroatoms. The number of unbranched alkanes of at least 4 members (excludes halogenated alkanes) is 2. The third-order valence-corrected chi connectivity index (χ3v) is 15.9. The van der Waals surface area contributed by atoms with Gasteiger partial charge in [0.2, 0.25) is 0 Å². The molecule has 0 heterocycles. The summed E-state index contributed by atoms with van der Waals surface area (Å²) in [7, 11) is -4.55. The Balaban J connectivity index is 6.18. The van der Waals surface area contributed by atoms with Gasteiger partial charge in [-0.05, 0) is 76.3 Å². The van der Waals surface area contributed by atoms with Gasteiger partial charge < -0.3 is 24.0 Å². The first-order valence-electron chi connectivity index (χ1n) is 12.8. The first-order chi connectivity index (χ1) is 15.9. The molecule has 4 radical (unpaired) electrons. The zero-order valence-electron chi connectivity index (χ0n) is 25.2. The molecule has 0 aliphatic carbocycles. The van der Waals surface area contributed by atoms with Crippen LogP contribution in [0.5, 0.6) is 0 Å². The highest BCUT2D eigenvalue weighted by Crippen LogP contribution is 2.39. The molecule has 2 unspecified atom stereocenters. The van der Waals surface area contributed by atoms with Crippen LogP contribution in [0.1, 0.15) is 69.2 Å². The molecule has 0 saturated carbocycles. The molecule has 1 amide bonds. The molecule has 0 aromatic rings. The van der Waals surface area contributed by atoms with Crippen LogP contribution in [-0.2, 0) is 18.4 Å². The molecule has 7 nitrogen and oxygen atoms in total. The fourth-order valence-corrected chi connectivity index (χ4v) is 4.94. The Labute approximate surface area is 223 Å². The maximum Gasteiger partial charge on any atom is 0.408 e. The minimum atomic E-state index is -2.37. The Kier molecular flexibility index (Phi) is 13.1.